The lowest BCUT2D eigenvalue weighted by atomic mass is 9.90. The Morgan fingerprint density at radius 2 is 2.11 bits per heavy atom. The number of aryl methyl sites for hydroxylation is 1. The van der Waals surface area contributed by atoms with E-state index >= 15 is 0 Å². The molecule has 1 aromatic rings. The largest absolute Gasteiger partial charge is 0.381 e. The maximum absolute atomic E-state index is 12.2. The average Bonchev–Trinajstić information content (AvgIpc) is 2.35. The Morgan fingerprint density at radius 1 is 1.44 bits per heavy atom. The Bertz CT molecular complexity index is 456. The molecule has 0 bridgehead atoms. The van der Waals surface area contributed by atoms with E-state index in [1.54, 1.807) is 6.07 Å². The van der Waals surface area contributed by atoms with Gasteiger partial charge in [-0.25, -0.2) is 0 Å². The van der Waals surface area contributed by atoms with Crippen molar-refractivity contribution >= 4 is 23.2 Å². The SMILES string of the molecule is Cc1ccc(Cl)c(NC(=O)C2(N)CCOCC2)c1. The van der Waals surface area contributed by atoms with E-state index in [0.717, 1.165) is 5.56 Å². The number of amides is 1. The summed E-state index contributed by atoms with van der Waals surface area (Å²) >= 11 is 6.04. The molecule has 4 nitrogen and oxygen atoms in total. The van der Waals surface area contributed by atoms with Crippen molar-refractivity contribution in [1.82, 2.24) is 0 Å². The van der Waals surface area contributed by atoms with Gasteiger partial charge in [0.2, 0.25) is 5.91 Å². The standard InChI is InChI=1S/C13H17ClN2O2/c1-9-2-3-10(14)11(8-9)16-12(17)13(15)4-6-18-7-5-13/h2-3,8H,4-7,15H2,1H3,(H,16,17). The average molecular weight is 269 g/mol. The van der Waals surface area contributed by atoms with Crippen molar-refractivity contribution in [2.75, 3.05) is 18.5 Å². The number of anilines is 1. The fraction of sp³-hybridized carbons (Fsp3) is 0.462. The third-order valence-electron chi connectivity index (χ3n) is 3.21. The van der Waals surface area contributed by atoms with Crippen molar-refractivity contribution in [2.24, 2.45) is 5.73 Å². The van der Waals surface area contributed by atoms with Crippen LogP contribution in [-0.2, 0) is 9.53 Å². The highest BCUT2D eigenvalue weighted by atomic mass is 35.5. The summed E-state index contributed by atoms with van der Waals surface area (Å²) in [5, 5.41) is 3.33. The predicted molar refractivity (Wildman–Crippen MR) is 71.8 cm³/mol. The van der Waals surface area contributed by atoms with Crippen LogP contribution in [0.15, 0.2) is 18.2 Å². The molecule has 0 aliphatic carbocycles. The summed E-state index contributed by atoms with van der Waals surface area (Å²) in [4.78, 5) is 12.2. The van der Waals surface area contributed by atoms with Crippen LogP contribution in [0.4, 0.5) is 5.69 Å². The molecule has 2 rings (SSSR count). The highest BCUT2D eigenvalue weighted by Gasteiger charge is 2.36. The first-order chi connectivity index (χ1) is 8.51. The Kier molecular flexibility index (Phi) is 3.90. The minimum atomic E-state index is -0.856. The van der Waals surface area contributed by atoms with Crippen LogP contribution in [0.3, 0.4) is 0 Å². The molecular weight excluding hydrogens is 252 g/mol. The molecule has 0 unspecified atom stereocenters. The van der Waals surface area contributed by atoms with Gasteiger partial charge in [-0.2, -0.15) is 0 Å². The number of halogens is 1. The molecule has 0 aromatic heterocycles. The smallest absolute Gasteiger partial charge is 0.244 e. The van der Waals surface area contributed by atoms with Crippen LogP contribution in [0.2, 0.25) is 5.02 Å². The first-order valence-electron chi connectivity index (χ1n) is 5.95. The second-order valence-electron chi connectivity index (χ2n) is 4.71. The fourth-order valence-electron chi connectivity index (χ4n) is 1.94. The molecule has 5 heteroatoms. The number of benzene rings is 1. The topological polar surface area (TPSA) is 64.4 Å². The van der Waals surface area contributed by atoms with Crippen LogP contribution in [0.5, 0.6) is 0 Å². The van der Waals surface area contributed by atoms with Crippen molar-refractivity contribution < 1.29 is 9.53 Å². The summed E-state index contributed by atoms with van der Waals surface area (Å²) in [5.41, 5.74) is 6.89. The van der Waals surface area contributed by atoms with E-state index in [2.05, 4.69) is 5.32 Å². The Hall–Kier alpha value is -1.10. The maximum atomic E-state index is 12.2. The van der Waals surface area contributed by atoms with E-state index in [4.69, 9.17) is 22.1 Å². The van der Waals surface area contributed by atoms with Gasteiger partial charge in [-0.3, -0.25) is 4.79 Å². The lowest BCUT2D eigenvalue weighted by Gasteiger charge is -2.31. The molecule has 0 radical (unpaired) electrons. The maximum Gasteiger partial charge on any atom is 0.244 e. The zero-order chi connectivity index (χ0) is 13.2. The number of hydrogen-bond donors (Lipinski definition) is 2. The molecule has 1 saturated heterocycles. The van der Waals surface area contributed by atoms with Gasteiger partial charge in [-0.05, 0) is 37.5 Å². The molecule has 1 amide bonds. The Labute approximate surface area is 111 Å². The third kappa shape index (κ3) is 2.83. The summed E-state index contributed by atoms with van der Waals surface area (Å²) in [6.07, 6.45) is 1.06. The summed E-state index contributed by atoms with van der Waals surface area (Å²) < 4.78 is 5.22. The van der Waals surface area contributed by atoms with Crippen molar-refractivity contribution in [3.05, 3.63) is 28.8 Å². The minimum Gasteiger partial charge on any atom is -0.381 e. The van der Waals surface area contributed by atoms with Crippen LogP contribution < -0.4 is 11.1 Å². The molecule has 0 spiro atoms. The molecule has 3 N–H and O–H groups in total. The first-order valence-corrected chi connectivity index (χ1v) is 6.33. The first kappa shape index (κ1) is 13.3. The van der Waals surface area contributed by atoms with Gasteiger partial charge in [0.1, 0.15) is 5.54 Å². The van der Waals surface area contributed by atoms with Gasteiger partial charge in [0, 0.05) is 13.2 Å². The number of hydrogen-bond acceptors (Lipinski definition) is 3. The molecule has 18 heavy (non-hydrogen) atoms. The second kappa shape index (κ2) is 5.26. The van der Waals surface area contributed by atoms with Crippen LogP contribution in [0.1, 0.15) is 18.4 Å². The van der Waals surface area contributed by atoms with E-state index < -0.39 is 5.54 Å². The molecule has 98 valence electrons. The monoisotopic (exact) mass is 268 g/mol. The van der Waals surface area contributed by atoms with E-state index in [-0.39, 0.29) is 5.91 Å². The fourth-order valence-corrected chi connectivity index (χ4v) is 2.11. The predicted octanol–water partition coefficient (Wildman–Crippen LogP) is 2.09. The van der Waals surface area contributed by atoms with Gasteiger partial charge in [0.25, 0.3) is 0 Å². The van der Waals surface area contributed by atoms with Crippen molar-refractivity contribution in [1.29, 1.82) is 0 Å². The summed E-state index contributed by atoms with van der Waals surface area (Å²) in [5.74, 6) is -0.196. The van der Waals surface area contributed by atoms with Gasteiger partial charge < -0.3 is 15.8 Å². The molecule has 1 fully saturated rings. The molecule has 0 saturated carbocycles. The highest BCUT2D eigenvalue weighted by molar-refractivity contribution is 6.33. The van der Waals surface area contributed by atoms with Crippen molar-refractivity contribution in [2.45, 2.75) is 25.3 Å². The summed E-state index contributed by atoms with van der Waals surface area (Å²) in [7, 11) is 0. The lowest BCUT2D eigenvalue weighted by Crippen LogP contribution is -2.54. The zero-order valence-corrected chi connectivity index (χ0v) is 11.1. The number of ether oxygens (including phenoxy) is 1. The van der Waals surface area contributed by atoms with Gasteiger partial charge in [-0.15, -0.1) is 0 Å². The van der Waals surface area contributed by atoms with Crippen molar-refractivity contribution in [3.8, 4) is 0 Å². The van der Waals surface area contributed by atoms with E-state index in [1.165, 1.54) is 0 Å². The normalized spacial score (nSPS) is 18.4. The molecule has 1 aromatic carbocycles. The Morgan fingerprint density at radius 3 is 2.78 bits per heavy atom. The van der Waals surface area contributed by atoms with Gasteiger partial charge in [0.05, 0.1) is 10.7 Å². The van der Waals surface area contributed by atoms with Crippen LogP contribution in [-0.4, -0.2) is 24.7 Å². The zero-order valence-electron chi connectivity index (χ0n) is 10.3. The Balaban J connectivity index is 2.13. The molecular formula is C13H17ClN2O2. The number of rotatable bonds is 2. The quantitative estimate of drug-likeness (QED) is 0.863. The lowest BCUT2D eigenvalue weighted by molar-refractivity contribution is -0.124. The number of nitrogens with two attached hydrogens (primary N) is 1. The van der Waals surface area contributed by atoms with Gasteiger partial charge in [-0.1, -0.05) is 17.7 Å². The van der Waals surface area contributed by atoms with Gasteiger partial charge in [0.15, 0.2) is 0 Å². The summed E-state index contributed by atoms with van der Waals surface area (Å²) in [6.45, 7) is 2.98. The van der Waals surface area contributed by atoms with E-state index in [9.17, 15) is 4.79 Å². The van der Waals surface area contributed by atoms with Gasteiger partial charge >= 0.3 is 0 Å². The van der Waals surface area contributed by atoms with Crippen LogP contribution >= 0.6 is 11.6 Å². The van der Waals surface area contributed by atoms with Crippen molar-refractivity contribution in [3.63, 3.8) is 0 Å². The van der Waals surface area contributed by atoms with E-state index in [0.29, 0.717) is 36.8 Å². The molecule has 1 aliphatic heterocycles. The number of carbonyl (C=O) groups excluding carboxylic acids is 1. The molecule has 1 aliphatic rings. The van der Waals surface area contributed by atoms with Crippen LogP contribution in [0, 0.1) is 6.92 Å². The summed E-state index contributed by atoms with van der Waals surface area (Å²) in [6, 6.07) is 5.49. The minimum absolute atomic E-state index is 0.196. The third-order valence-corrected chi connectivity index (χ3v) is 3.54. The second-order valence-corrected chi connectivity index (χ2v) is 5.11. The van der Waals surface area contributed by atoms with Crippen LogP contribution in [0.25, 0.3) is 0 Å². The van der Waals surface area contributed by atoms with E-state index in [1.807, 2.05) is 19.1 Å². The highest BCUT2D eigenvalue weighted by Crippen LogP contribution is 2.25. The molecule has 1 heterocycles. The molecule has 0 atom stereocenters. The number of carbonyl (C=O) groups is 1. The number of nitrogens with one attached hydrogen (secondary N) is 1.